The first-order valence-corrected chi connectivity index (χ1v) is 12.1. The molecule has 0 aliphatic carbocycles. The van der Waals surface area contributed by atoms with Crippen LogP contribution in [-0.4, -0.2) is 74.2 Å². The lowest BCUT2D eigenvalue weighted by molar-refractivity contribution is 0.0301. The van der Waals surface area contributed by atoms with Gasteiger partial charge < -0.3 is 19.3 Å². The highest BCUT2D eigenvalue weighted by Gasteiger charge is 2.19. The molecule has 0 bridgehead atoms. The van der Waals surface area contributed by atoms with E-state index in [9.17, 15) is 9.59 Å². The van der Waals surface area contributed by atoms with E-state index in [0.29, 0.717) is 63.7 Å². The smallest absolute Gasteiger partial charge is 0.254 e. The Kier molecular flexibility index (Phi) is 7.33. The molecule has 2 aromatic carbocycles. The van der Waals surface area contributed by atoms with Crippen LogP contribution in [0.1, 0.15) is 20.7 Å². The molecule has 0 unspecified atom stereocenters. The van der Waals surface area contributed by atoms with Crippen LogP contribution in [0.2, 0.25) is 0 Å². The summed E-state index contributed by atoms with van der Waals surface area (Å²) in [6.07, 6.45) is 0. The fourth-order valence-corrected chi connectivity index (χ4v) is 5.23. The van der Waals surface area contributed by atoms with Crippen molar-refractivity contribution in [2.24, 2.45) is 0 Å². The normalized spacial score (nSPS) is 17.1. The fourth-order valence-electron chi connectivity index (χ4n) is 3.30. The molecule has 2 aromatic rings. The number of nitrogens with zero attached hydrogens (tertiary/aromatic N) is 2. The predicted molar refractivity (Wildman–Crippen MR) is 118 cm³/mol. The quantitative estimate of drug-likeness (QED) is 0.659. The molecule has 0 radical (unpaired) electrons. The number of ether oxygens (including phenoxy) is 2. The van der Waals surface area contributed by atoms with Gasteiger partial charge in [-0.05, 0) is 48.5 Å². The van der Waals surface area contributed by atoms with Crippen molar-refractivity contribution in [1.82, 2.24) is 9.80 Å². The van der Waals surface area contributed by atoms with Gasteiger partial charge in [-0.2, -0.15) is 0 Å². The van der Waals surface area contributed by atoms with Gasteiger partial charge in [0.05, 0.1) is 26.4 Å². The molecule has 2 aliphatic rings. The molecule has 2 aliphatic heterocycles. The molecule has 0 aromatic heterocycles. The van der Waals surface area contributed by atoms with E-state index in [-0.39, 0.29) is 11.8 Å². The summed E-state index contributed by atoms with van der Waals surface area (Å²) in [7, 11) is 3.26. The summed E-state index contributed by atoms with van der Waals surface area (Å²) in [6, 6.07) is 15.4. The summed E-state index contributed by atoms with van der Waals surface area (Å²) in [5.74, 6) is 0.117. The lowest BCUT2D eigenvalue weighted by Crippen LogP contribution is -2.40. The third-order valence-corrected chi connectivity index (χ3v) is 7.45. The Bertz CT molecular complexity index is 788. The molecule has 0 saturated carbocycles. The topological polar surface area (TPSA) is 59.1 Å². The van der Waals surface area contributed by atoms with Gasteiger partial charge in [0.15, 0.2) is 0 Å². The molecular formula is C22H24N2O4S2. The maximum atomic E-state index is 12.5. The Labute approximate surface area is 184 Å². The van der Waals surface area contributed by atoms with Crippen molar-refractivity contribution in [3.8, 4) is 0 Å². The first-order chi connectivity index (χ1) is 14.7. The van der Waals surface area contributed by atoms with E-state index in [0.717, 1.165) is 9.79 Å². The molecule has 30 heavy (non-hydrogen) atoms. The lowest BCUT2D eigenvalue weighted by Gasteiger charge is -2.26. The highest BCUT2D eigenvalue weighted by Crippen LogP contribution is 2.37. The average molecular weight is 445 g/mol. The molecule has 0 spiro atoms. The maximum Gasteiger partial charge on any atom is 0.254 e. The van der Waals surface area contributed by atoms with Gasteiger partial charge in [0.2, 0.25) is 0 Å². The molecule has 0 N–H and O–H groups in total. The van der Waals surface area contributed by atoms with Crippen molar-refractivity contribution in [3.05, 3.63) is 59.7 Å². The standard InChI is InChI=1S/C22H24N2O4S2/c25-21(23-9-13-27-14-10-23)17-1-5-19(6-2-17)29-30-20-7-3-18(4-8-20)22(26)24-11-15-28-16-12-24/h1-8H,9-16H2. The number of carbonyl (C=O) groups excluding carboxylic acids is 2. The van der Waals surface area contributed by atoms with E-state index in [1.807, 2.05) is 58.3 Å². The molecule has 0 atom stereocenters. The molecule has 2 heterocycles. The zero-order chi connectivity index (χ0) is 20.8. The molecule has 4 rings (SSSR count). The predicted octanol–water partition coefficient (Wildman–Crippen LogP) is 3.43. The Balaban J connectivity index is 1.30. The number of rotatable bonds is 5. The van der Waals surface area contributed by atoms with Crippen LogP contribution in [0.25, 0.3) is 0 Å². The Morgan fingerprint density at radius 2 is 0.933 bits per heavy atom. The molecule has 8 heteroatoms. The molecule has 2 amide bonds. The van der Waals surface area contributed by atoms with Crippen LogP contribution in [0.15, 0.2) is 58.3 Å². The molecule has 2 saturated heterocycles. The number of benzene rings is 2. The van der Waals surface area contributed by atoms with E-state index in [4.69, 9.17) is 9.47 Å². The summed E-state index contributed by atoms with van der Waals surface area (Å²) < 4.78 is 10.6. The van der Waals surface area contributed by atoms with Gasteiger partial charge in [0.25, 0.3) is 11.8 Å². The molecule has 6 nitrogen and oxygen atoms in total. The number of morpholine rings is 2. The first-order valence-electron chi connectivity index (χ1n) is 9.99. The monoisotopic (exact) mass is 444 g/mol. The highest BCUT2D eigenvalue weighted by atomic mass is 33.1. The van der Waals surface area contributed by atoms with E-state index >= 15 is 0 Å². The van der Waals surface area contributed by atoms with E-state index < -0.39 is 0 Å². The van der Waals surface area contributed by atoms with Crippen LogP contribution in [0, 0.1) is 0 Å². The number of hydrogen-bond acceptors (Lipinski definition) is 6. The zero-order valence-electron chi connectivity index (χ0n) is 16.6. The van der Waals surface area contributed by atoms with Gasteiger partial charge in [-0.1, -0.05) is 21.6 Å². The van der Waals surface area contributed by atoms with Crippen molar-refractivity contribution in [2.45, 2.75) is 9.79 Å². The molecule has 2 fully saturated rings. The first kappa shape index (κ1) is 21.2. The van der Waals surface area contributed by atoms with Gasteiger partial charge in [0, 0.05) is 47.1 Å². The van der Waals surface area contributed by atoms with Crippen LogP contribution in [0.5, 0.6) is 0 Å². The van der Waals surface area contributed by atoms with E-state index in [2.05, 4.69) is 0 Å². The van der Waals surface area contributed by atoms with Gasteiger partial charge in [-0.3, -0.25) is 9.59 Å². The summed E-state index contributed by atoms with van der Waals surface area (Å²) in [5, 5.41) is 0. The van der Waals surface area contributed by atoms with Crippen molar-refractivity contribution in [2.75, 3.05) is 52.6 Å². The minimum atomic E-state index is 0.0584. The van der Waals surface area contributed by atoms with Gasteiger partial charge in [-0.15, -0.1) is 0 Å². The van der Waals surface area contributed by atoms with Crippen molar-refractivity contribution in [3.63, 3.8) is 0 Å². The minimum Gasteiger partial charge on any atom is -0.378 e. The van der Waals surface area contributed by atoms with Crippen LogP contribution in [0.3, 0.4) is 0 Å². The number of carbonyl (C=O) groups is 2. The second kappa shape index (κ2) is 10.3. The molecular weight excluding hydrogens is 420 g/mol. The second-order valence-corrected chi connectivity index (χ2v) is 9.30. The highest BCUT2D eigenvalue weighted by molar-refractivity contribution is 8.76. The van der Waals surface area contributed by atoms with Crippen molar-refractivity contribution < 1.29 is 19.1 Å². The summed E-state index contributed by atoms with van der Waals surface area (Å²) in [6.45, 7) is 5.01. The number of hydrogen-bond donors (Lipinski definition) is 0. The minimum absolute atomic E-state index is 0.0584. The third-order valence-electron chi connectivity index (χ3n) is 5.03. The summed E-state index contributed by atoms with van der Waals surface area (Å²) >= 11 is 0. The second-order valence-electron chi connectivity index (χ2n) is 7.02. The Morgan fingerprint density at radius 1 is 0.600 bits per heavy atom. The van der Waals surface area contributed by atoms with Crippen LogP contribution in [0.4, 0.5) is 0 Å². The third kappa shape index (κ3) is 5.37. The van der Waals surface area contributed by atoms with Gasteiger partial charge in [-0.25, -0.2) is 0 Å². The van der Waals surface area contributed by atoms with E-state index in [1.165, 1.54) is 0 Å². The fraction of sp³-hybridized carbons (Fsp3) is 0.364. The Hall–Kier alpha value is -2.00. The SMILES string of the molecule is O=C(c1ccc(SSc2ccc(C(=O)N3CCOCC3)cc2)cc1)N1CCOCC1. The van der Waals surface area contributed by atoms with Gasteiger partial charge >= 0.3 is 0 Å². The van der Waals surface area contributed by atoms with E-state index in [1.54, 1.807) is 21.6 Å². The van der Waals surface area contributed by atoms with Crippen molar-refractivity contribution in [1.29, 1.82) is 0 Å². The van der Waals surface area contributed by atoms with Crippen LogP contribution >= 0.6 is 21.6 Å². The lowest BCUT2D eigenvalue weighted by atomic mass is 10.2. The summed E-state index contributed by atoms with van der Waals surface area (Å²) in [4.78, 5) is 30.8. The zero-order valence-corrected chi connectivity index (χ0v) is 18.3. The van der Waals surface area contributed by atoms with Crippen LogP contribution in [-0.2, 0) is 9.47 Å². The number of amides is 2. The Morgan fingerprint density at radius 3 is 1.27 bits per heavy atom. The maximum absolute atomic E-state index is 12.5. The van der Waals surface area contributed by atoms with Gasteiger partial charge in [0.1, 0.15) is 0 Å². The average Bonchev–Trinajstić information content (AvgIpc) is 2.83. The van der Waals surface area contributed by atoms with Crippen LogP contribution < -0.4 is 0 Å². The summed E-state index contributed by atoms with van der Waals surface area (Å²) in [5.41, 5.74) is 1.41. The molecule has 158 valence electrons. The largest absolute Gasteiger partial charge is 0.378 e. The van der Waals surface area contributed by atoms with Crippen molar-refractivity contribution >= 4 is 33.4 Å².